The van der Waals surface area contributed by atoms with Crippen molar-refractivity contribution in [1.29, 1.82) is 0 Å². The summed E-state index contributed by atoms with van der Waals surface area (Å²) in [6, 6.07) is 7.63. The average molecular weight is 202 g/mol. The van der Waals surface area contributed by atoms with Crippen molar-refractivity contribution in [3.8, 4) is 0 Å². The van der Waals surface area contributed by atoms with Crippen LogP contribution < -0.4 is 0 Å². The van der Waals surface area contributed by atoms with Crippen LogP contribution in [0.5, 0.6) is 0 Å². The maximum Gasteiger partial charge on any atom is 0.160 e. The highest BCUT2D eigenvalue weighted by Crippen LogP contribution is 2.15. The molecule has 1 heterocycles. The molecule has 3 heteroatoms. The van der Waals surface area contributed by atoms with E-state index in [-0.39, 0.29) is 5.78 Å². The number of rotatable bonds is 2. The average Bonchev–Trinajstić information content (AvgIpc) is 2.64. The van der Waals surface area contributed by atoms with E-state index in [1.165, 1.54) is 0 Å². The van der Waals surface area contributed by atoms with Crippen LogP contribution in [0, 0.1) is 0 Å². The summed E-state index contributed by atoms with van der Waals surface area (Å²) in [6.45, 7) is 3.34. The molecule has 0 saturated carbocycles. The standard InChI is InChI=1S/C12H14N2O/c1-9(15)10-5-3-4-6-11(10)12-13-7-8-14(12)2/h3-6H,7-8H2,1-2H3. The van der Waals surface area contributed by atoms with Crippen LogP contribution in [0.1, 0.15) is 22.8 Å². The minimum absolute atomic E-state index is 0.0913. The van der Waals surface area contributed by atoms with Gasteiger partial charge in [0, 0.05) is 24.7 Å². The maximum atomic E-state index is 11.5. The van der Waals surface area contributed by atoms with E-state index in [1.54, 1.807) is 6.92 Å². The maximum absolute atomic E-state index is 11.5. The second kappa shape index (κ2) is 3.85. The number of likely N-dealkylation sites (N-methyl/N-ethyl adjacent to an activating group) is 1. The van der Waals surface area contributed by atoms with E-state index in [2.05, 4.69) is 9.89 Å². The van der Waals surface area contributed by atoms with Gasteiger partial charge < -0.3 is 4.90 Å². The van der Waals surface area contributed by atoms with E-state index >= 15 is 0 Å². The molecule has 1 aliphatic rings. The first-order chi connectivity index (χ1) is 7.20. The molecule has 1 aromatic rings. The van der Waals surface area contributed by atoms with Gasteiger partial charge in [-0.3, -0.25) is 9.79 Å². The molecular formula is C12H14N2O. The van der Waals surface area contributed by atoms with Crippen molar-refractivity contribution in [2.45, 2.75) is 6.92 Å². The molecule has 0 bridgehead atoms. The molecule has 0 amide bonds. The Bertz CT molecular complexity index is 423. The molecule has 0 radical (unpaired) electrons. The molecule has 0 N–H and O–H groups in total. The van der Waals surface area contributed by atoms with Gasteiger partial charge in [0.1, 0.15) is 5.84 Å². The van der Waals surface area contributed by atoms with Crippen molar-refractivity contribution in [2.24, 2.45) is 4.99 Å². The fraction of sp³-hybridized carbons (Fsp3) is 0.333. The minimum Gasteiger partial charge on any atom is -0.358 e. The number of hydrogen-bond donors (Lipinski definition) is 0. The Morgan fingerprint density at radius 3 is 2.73 bits per heavy atom. The molecule has 0 aromatic heterocycles. The van der Waals surface area contributed by atoms with Gasteiger partial charge in [-0.25, -0.2) is 0 Å². The van der Waals surface area contributed by atoms with E-state index in [4.69, 9.17) is 0 Å². The summed E-state index contributed by atoms with van der Waals surface area (Å²) < 4.78 is 0. The Balaban J connectivity index is 2.48. The van der Waals surface area contributed by atoms with E-state index in [0.717, 1.165) is 30.1 Å². The minimum atomic E-state index is 0.0913. The normalized spacial score (nSPS) is 15.3. The first kappa shape index (κ1) is 9.90. The predicted molar refractivity (Wildman–Crippen MR) is 60.5 cm³/mol. The molecule has 15 heavy (non-hydrogen) atoms. The van der Waals surface area contributed by atoms with E-state index < -0.39 is 0 Å². The number of nitrogens with zero attached hydrogens (tertiary/aromatic N) is 2. The van der Waals surface area contributed by atoms with Gasteiger partial charge in [-0.2, -0.15) is 0 Å². The van der Waals surface area contributed by atoms with Gasteiger partial charge in [0.25, 0.3) is 0 Å². The predicted octanol–water partition coefficient (Wildman–Crippen LogP) is 1.58. The molecule has 0 aliphatic carbocycles. The summed E-state index contributed by atoms with van der Waals surface area (Å²) in [5, 5.41) is 0. The topological polar surface area (TPSA) is 32.7 Å². The van der Waals surface area contributed by atoms with Crippen LogP contribution in [-0.4, -0.2) is 36.7 Å². The Labute approximate surface area is 89.4 Å². The first-order valence-electron chi connectivity index (χ1n) is 5.06. The van der Waals surface area contributed by atoms with E-state index in [9.17, 15) is 4.79 Å². The molecule has 1 aliphatic heterocycles. The van der Waals surface area contributed by atoms with Crippen LogP contribution in [-0.2, 0) is 0 Å². The van der Waals surface area contributed by atoms with Gasteiger partial charge in [-0.05, 0) is 6.92 Å². The number of ketones is 1. The zero-order chi connectivity index (χ0) is 10.8. The lowest BCUT2D eigenvalue weighted by molar-refractivity contribution is 0.101. The lowest BCUT2D eigenvalue weighted by Crippen LogP contribution is -2.25. The molecule has 3 nitrogen and oxygen atoms in total. The Hall–Kier alpha value is -1.64. The third kappa shape index (κ3) is 1.77. The summed E-state index contributed by atoms with van der Waals surface area (Å²) in [4.78, 5) is 18.0. The summed E-state index contributed by atoms with van der Waals surface area (Å²) >= 11 is 0. The lowest BCUT2D eigenvalue weighted by Gasteiger charge is -2.15. The Morgan fingerprint density at radius 2 is 2.13 bits per heavy atom. The molecule has 0 fully saturated rings. The van der Waals surface area contributed by atoms with Crippen molar-refractivity contribution < 1.29 is 4.79 Å². The molecule has 78 valence electrons. The molecule has 2 rings (SSSR count). The first-order valence-corrected chi connectivity index (χ1v) is 5.06. The van der Waals surface area contributed by atoms with Crippen LogP contribution in [0.15, 0.2) is 29.3 Å². The molecule has 1 aromatic carbocycles. The van der Waals surface area contributed by atoms with Crippen LogP contribution in [0.2, 0.25) is 0 Å². The quantitative estimate of drug-likeness (QED) is 0.682. The van der Waals surface area contributed by atoms with Crippen LogP contribution in [0.3, 0.4) is 0 Å². The lowest BCUT2D eigenvalue weighted by atomic mass is 10.0. The fourth-order valence-corrected chi connectivity index (χ4v) is 1.81. The number of carbonyl (C=O) groups excluding carboxylic acids is 1. The van der Waals surface area contributed by atoms with Gasteiger partial charge >= 0.3 is 0 Å². The van der Waals surface area contributed by atoms with Crippen molar-refractivity contribution in [3.63, 3.8) is 0 Å². The molecule has 0 atom stereocenters. The molecule has 0 saturated heterocycles. The second-order valence-corrected chi connectivity index (χ2v) is 3.73. The SMILES string of the molecule is CC(=O)c1ccccc1C1=NCCN1C. The van der Waals surface area contributed by atoms with E-state index in [1.807, 2.05) is 31.3 Å². The number of aliphatic imine (C=N–C) groups is 1. The summed E-state index contributed by atoms with van der Waals surface area (Å²) in [7, 11) is 2.00. The van der Waals surface area contributed by atoms with Gasteiger partial charge in [-0.15, -0.1) is 0 Å². The van der Waals surface area contributed by atoms with Gasteiger partial charge in [0.05, 0.1) is 6.54 Å². The molecular weight excluding hydrogens is 188 g/mol. The van der Waals surface area contributed by atoms with Gasteiger partial charge in [0.2, 0.25) is 0 Å². The number of Topliss-reactive ketones (excluding diaryl/α,β-unsaturated/α-hetero) is 1. The fourth-order valence-electron chi connectivity index (χ4n) is 1.81. The highest BCUT2D eigenvalue weighted by molar-refractivity contribution is 6.09. The Morgan fingerprint density at radius 1 is 1.40 bits per heavy atom. The second-order valence-electron chi connectivity index (χ2n) is 3.73. The zero-order valence-corrected chi connectivity index (χ0v) is 9.03. The van der Waals surface area contributed by atoms with Crippen LogP contribution >= 0.6 is 0 Å². The number of carbonyl (C=O) groups is 1. The molecule has 0 spiro atoms. The summed E-state index contributed by atoms with van der Waals surface area (Å²) in [6.07, 6.45) is 0. The van der Waals surface area contributed by atoms with Crippen LogP contribution in [0.4, 0.5) is 0 Å². The van der Waals surface area contributed by atoms with Crippen molar-refractivity contribution in [2.75, 3.05) is 20.1 Å². The zero-order valence-electron chi connectivity index (χ0n) is 9.03. The largest absolute Gasteiger partial charge is 0.358 e. The van der Waals surface area contributed by atoms with E-state index in [0.29, 0.717) is 0 Å². The number of benzene rings is 1. The van der Waals surface area contributed by atoms with Crippen LogP contribution in [0.25, 0.3) is 0 Å². The smallest absolute Gasteiger partial charge is 0.160 e. The third-order valence-electron chi connectivity index (χ3n) is 2.61. The highest BCUT2D eigenvalue weighted by atomic mass is 16.1. The summed E-state index contributed by atoms with van der Waals surface area (Å²) in [5.41, 5.74) is 1.70. The molecule has 0 unspecified atom stereocenters. The van der Waals surface area contributed by atoms with Crippen molar-refractivity contribution >= 4 is 11.6 Å². The third-order valence-corrected chi connectivity index (χ3v) is 2.61. The number of amidine groups is 1. The highest BCUT2D eigenvalue weighted by Gasteiger charge is 2.18. The van der Waals surface area contributed by atoms with Gasteiger partial charge in [0.15, 0.2) is 5.78 Å². The Kier molecular flexibility index (Phi) is 2.54. The van der Waals surface area contributed by atoms with Crippen molar-refractivity contribution in [1.82, 2.24) is 4.90 Å². The summed E-state index contributed by atoms with van der Waals surface area (Å²) in [5.74, 6) is 1.02. The monoisotopic (exact) mass is 202 g/mol. The van der Waals surface area contributed by atoms with Gasteiger partial charge in [-0.1, -0.05) is 24.3 Å². The van der Waals surface area contributed by atoms with Crippen molar-refractivity contribution in [3.05, 3.63) is 35.4 Å². The number of hydrogen-bond acceptors (Lipinski definition) is 3.